The van der Waals surface area contributed by atoms with Crippen LogP contribution >= 0.6 is 24.0 Å². The van der Waals surface area contributed by atoms with Gasteiger partial charge in [-0.3, -0.25) is 19.8 Å². The van der Waals surface area contributed by atoms with Crippen molar-refractivity contribution in [2.75, 3.05) is 13.7 Å². The minimum atomic E-state index is -0.444. The molecule has 1 aliphatic heterocycles. The van der Waals surface area contributed by atoms with Gasteiger partial charge in [-0.1, -0.05) is 30.0 Å². The van der Waals surface area contributed by atoms with Gasteiger partial charge in [0.25, 0.3) is 11.6 Å². The summed E-state index contributed by atoms with van der Waals surface area (Å²) in [7, 11) is 1.54. The zero-order valence-corrected chi connectivity index (χ0v) is 17.4. The van der Waals surface area contributed by atoms with Gasteiger partial charge in [-0.2, -0.15) is 0 Å². The van der Waals surface area contributed by atoms with Crippen molar-refractivity contribution in [1.29, 1.82) is 0 Å². The molecule has 2 aromatic rings. The topological polar surface area (TPSA) is 81.9 Å². The van der Waals surface area contributed by atoms with Crippen molar-refractivity contribution >= 4 is 46.0 Å². The second-order valence-electron chi connectivity index (χ2n) is 6.05. The second kappa shape index (κ2) is 9.06. The molecule has 0 atom stereocenters. The Morgan fingerprint density at radius 2 is 1.93 bits per heavy atom. The van der Waals surface area contributed by atoms with Crippen LogP contribution in [0.1, 0.15) is 18.1 Å². The molecule has 1 amide bonds. The lowest BCUT2D eigenvalue weighted by Crippen LogP contribution is -2.27. The first-order valence-corrected chi connectivity index (χ1v) is 9.95. The van der Waals surface area contributed by atoms with Gasteiger partial charge in [0.15, 0.2) is 11.5 Å². The molecule has 1 aliphatic rings. The van der Waals surface area contributed by atoms with Gasteiger partial charge < -0.3 is 9.47 Å². The first-order chi connectivity index (χ1) is 13.9. The van der Waals surface area contributed by atoms with Crippen LogP contribution in [0.4, 0.5) is 5.69 Å². The molecule has 1 fully saturated rings. The van der Waals surface area contributed by atoms with Crippen LogP contribution in [0, 0.1) is 10.1 Å². The van der Waals surface area contributed by atoms with E-state index in [1.165, 1.54) is 31.0 Å². The van der Waals surface area contributed by atoms with E-state index >= 15 is 0 Å². The molecule has 29 heavy (non-hydrogen) atoms. The minimum absolute atomic E-state index is 0.0316. The first kappa shape index (κ1) is 20.8. The van der Waals surface area contributed by atoms with Crippen LogP contribution in [0.3, 0.4) is 0 Å². The third-order valence-corrected chi connectivity index (χ3v) is 5.59. The number of thioether (sulfide) groups is 1. The van der Waals surface area contributed by atoms with Crippen molar-refractivity contribution in [1.82, 2.24) is 4.90 Å². The van der Waals surface area contributed by atoms with Crippen molar-refractivity contribution in [2.24, 2.45) is 0 Å². The molecule has 0 saturated carbocycles. The average molecular weight is 431 g/mol. The van der Waals surface area contributed by atoms with Gasteiger partial charge in [0.2, 0.25) is 0 Å². The fourth-order valence-electron chi connectivity index (χ4n) is 2.69. The summed E-state index contributed by atoms with van der Waals surface area (Å²) in [6.07, 6.45) is 1.78. The molecular formula is C20H18N2O5S2. The molecule has 7 nitrogen and oxygen atoms in total. The van der Waals surface area contributed by atoms with Crippen LogP contribution in [0.15, 0.2) is 47.4 Å². The number of amides is 1. The zero-order chi connectivity index (χ0) is 21.0. The van der Waals surface area contributed by atoms with Crippen LogP contribution in [0.2, 0.25) is 0 Å². The number of thiocarbonyl (C=S) groups is 1. The lowest BCUT2D eigenvalue weighted by atomic mass is 10.1. The third-order valence-electron chi connectivity index (χ3n) is 4.22. The molecule has 0 spiro atoms. The fraction of sp³-hybridized carbons (Fsp3) is 0.200. The van der Waals surface area contributed by atoms with Crippen LogP contribution in [0.25, 0.3) is 6.08 Å². The van der Waals surface area contributed by atoms with E-state index in [4.69, 9.17) is 21.7 Å². The van der Waals surface area contributed by atoms with E-state index in [9.17, 15) is 14.9 Å². The number of rotatable bonds is 7. The number of nitrogens with zero attached hydrogens (tertiary/aromatic N) is 2. The molecule has 0 radical (unpaired) electrons. The third kappa shape index (κ3) is 4.75. The molecule has 0 unspecified atom stereocenters. The van der Waals surface area contributed by atoms with Gasteiger partial charge in [-0.05, 0) is 48.4 Å². The average Bonchev–Trinajstić information content (AvgIpc) is 2.99. The molecule has 0 aromatic heterocycles. The van der Waals surface area contributed by atoms with Crippen molar-refractivity contribution < 1.29 is 19.2 Å². The van der Waals surface area contributed by atoms with Crippen molar-refractivity contribution in [3.05, 3.63) is 68.6 Å². The lowest BCUT2D eigenvalue weighted by molar-refractivity contribution is -0.384. The molecule has 0 aliphatic carbocycles. The highest BCUT2D eigenvalue weighted by Crippen LogP contribution is 2.34. The summed E-state index contributed by atoms with van der Waals surface area (Å²) in [6, 6.07) is 11.5. The number of non-ortho nitro benzene ring substituents is 1. The van der Waals surface area contributed by atoms with Gasteiger partial charge >= 0.3 is 0 Å². The number of methoxy groups -OCH3 is 1. The SMILES string of the molecule is CCN1C(=O)/C(=C/c2ccc(OCc3ccc([N+](=O)[O-])cc3)c(OC)c2)SC1=S. The number of likely N-dealkylation sites (N-methyl/N-ethyl adjacent to an activating group) is 1. The molecule has 1 saturated heterocycles. The van der Waals surface area contributed by atoms with E-state index in [0.29, 0.717) is 27.3 Å². The van der Waals surface area contributed by atoms with Gasteiger partial charge in [-0.25, -0.2) is 0 Å². The van der Waals surface area contributed by atoms with E-state index in [0.717, 1.165) is 11.1 Å². The molecule has 2 aromatic carbocycles. The Hall–Kier alpha value is -2.91. The van der Waals surface area contributed by atoms with Crippen molar-refractivity contribution in [3.8, 4) is 11.5 Å². The molecule has 1 heterocycles. The smallest absolute Gasteiger partial charge is 0.269 e. The summed E-state index contributed by atoms with van der Waals surface area (Å²) >= 11 is 6.51. The highest BCUT2D eigenvalue weighted by Gasteiger charge is 2.30. The highest BCUT2D eigenvalue weighted by atomic mass is 32.2. The number of carbonyl (C=O) groups is 1. The van der Waals surface area contributed by atoms with E-state index in [2.05, 4.69) is 0 Å². The molecule has 150 valence electrons. The van der Waals surface area contributed by atoms with Crippen LogP contribution in [-0.4, -0.2) is 33.7 Å². The van der Waals surface area contributed by atoms with E-state index < -0.39 is 4.92 Å². The van der Waals surface area contributed by atoms with E-state index in [-0.39, 0.29) is 18.2 Å². The van der Waals surface area contributed by atoms with Gasteiger partial charge in [0, 0.05) is 18.7 Å². The van der Waals surface area contributed by atoms with Crippen LogP contribution in [-0.2, 0) is 11.4 Å². The molecule has 9 heteroatoms. The lowest BCUT2D eigenvalue weighted by Gasteiger charge is -2.12. The monoisotopic (exact) mass is 430 g/mol. The molecule has 3 rings (SSSR count). The summed E-state index contributed by atoms with van der Waals surface area (Å²) in [5.41, 5.74) is 1.62. The van der Waals surface area contributed by atoms with Crippen molar-refractivity contribution in [3.63, 3.8) is 0 Å². The Morgan fingerprint density at radius 3 is 2.52 bits per heavy atom. The highest BCUT2D eigenvalue weighted by molar-refractivity contribution is 8.26. The summed E-state index contributed by atoms with van der Waals surface area (Å²) in [5, 5.41) is 10.7. The van der Waals surface area contributed by atoms with Crippen molar-refractivity contribution in [2.45, 2.75) is 13.5 Å². The predicted octanol–water partition coefficient (Wildman–Crippen LogP) is 4.40. The fourth-order valence-corrected chi connectivity index (χ4v) is 4.08. The van der Waals surface area contributed by atoms with Gasteiger partial charge in [0.1, 0.15) is 10.9 Å². The maximum absolute atomic E-state index is 12.3. The molecule has 0 bridgehead atoms. The maximum atomic E-state index is 12.3. The minimum Gasteiger partial charge on any atom is -0.493 e. The predicted molar refractivity (Wildman–Crippen MR) is 116 cm³/mol. The Balaban J connectivity index is 1.74. The second-order valence-corrected chi connectivity index (χ2v) is 7.72. The Kier molecular flexibility index (Phi) is 6.50. The first-order valence-electron chi connectivity index (χ1n) is 8.72. The number of hydrogen-bond donors (Lipinski definition) is 0. The number of benzene rings is 2. The Bertz CT molecular complexity index is 989. The number of hydrogen-bond acceptors (Lipinski definition) is 7. The van der Waals surface area contributed by atoms with Crippen LogP contribution < -0.4 is 9.47 Å². The van der Waals surface area contributed by atoms with Gasteiger partial charge in [-0.15, -0.1) is 0 Å². The number of carbonyl (C=O) groups excluding carboxylic acids is 1. The molecular weight excluding hydrogens is 412 g/mol. The normalized spacial score (nSPS) is 15.1. The summed E-state index contributed by atoms with van der Waals surface area (Å²) in [5.74, 6) is 0.954. The Morgan fingerprint density at radius 1 is 1.21 bits per heavy atom. The van der Waals surface area contributed by atoms with E-state index in [1.54, 1.807) is 35.2 Å². The summed E-state index contributed by atoms with van der Waals surface area (Å²) < 4.78 is 11.8. The number of ether oxygens (including phenoxy) is 2. The number of nitro benzene ring substituents is 1. The Labute approximate surface area is 177 Å². The summed E-state index contributed by atoms with van der Waals surface area (Å²) in [4.78, 5) is 24.8. The quantitative estimate of drug-likeness (QED) is 0.279. The number of nitro groups is 1. The zero-order valence-electron chi connectivity index (χ0n) is 15.8. The maximum Gasteiger partial charge on any atom is 0.269 e. The standard InChI is InChI=1S/C20H18N2O5S2/c1-3-21-19(23)18(29-20(21)28)11-14-6-9-16(17(10-14)26-2)27-12-13-4-7-15(8-5-13)22(24)25/h4-11H,3,12H2,1-2H3/b18-11-. The van der Waals surface area contributed by atoms with E-state index in [1.807, 2.05) is 13.0 Å². The largest absolute Gasteiger partial charge is 0.493 e. The molecule has 0 N–H and O–H groups in total. The van der Waals surface area contributed by atoms with Crippen LogP contribution in [0.5, 0.6) is 11.5 Å². The van der Waals surface area contributed by atoms with Gasteiger partial charge in [0.05, 0.1) is 16.9 Å². The summed E-state index contributed by atoms with van der Waals surface area (Å²) in [6.45, 7) is 2.66.